The smallest absolute Gasteiger partial charge is 0.330 e. The van der Waals surface area contributed by atoms with Gasteiger partial charge in [-0.2, -0.15) is 0 Å². The van der Waals surface area contributed by atoms with Gasteiger partial charge in [0, 0.05) is 50.4 Å². The molecule has 1 N–H and O–H groups in total. The van der Waals surface area contributed by atoms with E-state index < -0.39 is 34.2 Å². The van der Waals surface area contributed by atoms with E-state index in [0.717, 1.165) is 17.1 Å². The number of barbiturate groups is 1. The lowest BCUT2D eigenvalue weighted by atomic mass is 9.67. The van der Waals surface area contributed by atoms with Crippen molar-refractivity contribution < 1.29 is 19.3 Å². The third-order valence-electron chi connectivity index (χ3n) is 6.15. The highest BCUT2D eigenvalue weighted by atomic mass is 16.6. The average molecular weight is 401 g/mol. The Morgan fingerprint density at radius 1 is 1.28 bits per heavy atom. The van der Waals surface area contributed by atoms with Crippen LogP contribution in [-0.4, -0.2) is 71.8 Å². The Kier molecular flexibility index (Phi) is 4.53. The first-order valence-corrected chi connectivity index (χ1v) is 9.69. The molecule has 2 fully saturated rings. The van der Waals surface area contributed by atoms with Gasteiger partial charge in [-0.15, -0.1) is 0 Å². The summed E-state index contributed by atoms with van der Waals surface area (Å²) in [6.07, 6.45) is 0.594. The lowest BCUT2D eigenvalue weighted by Gasteiger charge is -2.55. The predicted octanol–water partition coefficient (Wildman–Crippen LogP) is 0.746. The van der Waals surface area contributed by atoms with E-state index in [1.165, 1.54) is 12.1 Å². The maximum Gasteiger partial charge on any atom is 0.330 e. The van der Waals surface area contributed by atoms with E-state index in [9.17, 15) is 24.5 Å². The molecule has 0 radical (unpaired) electrons. The van der Waals surface area contributed by atoms with E-state index in [-0.39, 0.29) is 18.7 Å². The summed E-state index contributed by atoms with van der Waals surface area (Å²) < 4.78 is 0. The molecule has 1 aromatic carbocycles. The first-order valence-electron chi connectivity index (χ1n) is 9.69. The number of non-ortho nitro benzene ring substituents is 1. The highest BCUT2D eigenvalue weighted by molar-refractivity contribution is 6.20. The van der Waals surface area contributed by atoms with Gasteiger partial charge < -0.3 is 9.80 Å². The van der Waals surface area contributed by atoms with Crippen molar-refractivity contribution in [3.63, 3.8) is 0 Å². The van der Waals surface area contributed by atoms with Crippen LogP contribution in [0.3, 0.4) is 0 Å². The number of nitro groups is 1. The van der Waals surface area contributed by atoms with Crippen LogP contribution >= 0.6 is 0 Å². The van der Waals surface area contributed by atoms with Crippen molar-refractivity contribution in [3.05, 3.63) is 33.9 Å². The van der Waals surface area contributed by atoms with Gasteiger partial charge in [0.05, 0.1) is 11.0 Å². The number of anilines is 1. The normalized spacial score (nSPS) is 27.0. The molecule has 3 heterocycles. The molecule has 2 atom stereocenters. The molecule has 10 nitrogen and oxygen atoms in total. The van der Waals surface area contributed by atoms with E-state index in [4.69, 9.17) is 0 Å². The Bertz CT molecular complexity index is 918. The van der Waals surface area contributed by atoms with E-state index in [2.05, 4.69) is 10.2 Å². The first kappa shape index (κ1) is 19.3. The second kappa shape index (κ2) is 6.80. The molecule has 0 aliphatic carbocycles. The van der Waals surface area contributed by atoms with Gasteiger partial charge in [-0.1, -0.05) is 6.92 Å². The van der Waals surface area contributed by atoms with Crippen LogP contribution in [-0.2, 0) is 16.0 Å². The van der Waals surface area contributed by atoms with Crippen LogP contribution in [0.15, 0.2) is 18.2 Å². The Labute approximate surface area is 167 Å². The molecule has 0 bridgehead atoms. The van der Waals surface area contributed by atoms with Gasteiger partial charge in [0.25, 0.3) is 5.69 Å². The second-order valence-electron chi connectivity index (χ2n) is 7.91. The molecule has 0 unspecified atom stereocenters. The average Bonchev–Trinajstić information content (AvgIpc) is 2.68. The lowest BCUT2D eigenvalue weighted by Crippen LogP contribution is -2.75. The maximum atomic E-state index is 13.6. The summed E-state index contributed by atoms with van der Waals surface area (Å²) in [5.41, 5.74) is -0.204. The summed E-state index contributed by atoms with van der Waals surface area (Å²) >= 11 is 0. The molecule has 2 saturated heterocycles. The molecule has 1 spiro atoms. The van der Waals surface area contributed by atoms with E-state index >= 15 is 0 Å². The summed E-state index contributed by atoms with van der Waals surface area (Å²) in [5.74, 6) is -1.14. The highest BCUT2D eigenvalue weighted by Crippen LogP contribution is 2.46. The molecule has 0 aromatic heterocycles. The van der Waals surface area contributed by atoms with Crippen LogP contribution in [0.5, 0.6) is 0 Å². The van der Waals surface area contributed by atoms with Crippen LogP contribution in [0.25, 0.3) is 0 Å². The number of nitrogens with one attached hydrogen (secondary N) is 1. The molecule has 4 amide bonds. The summed E-state index contributed by atoms with van der Waals surface area (Å²) in [7, 11) is 1.93. The van der Waals surface area contributed by atoms with Gasteiger partial charge in [-0.25, -0.2) is 4.79 Å². The zero-order chi connectivity index (χ0) is 20.9. The Balaban J connectivity index is 1.88. The van der Waals surface area contributed by atoms with Crippen LogP contribution in [0.2, 0.25) is 0 Å². The summed E-state index contributed by atoms with van der Waals surface area (Å²) in [5, 5.41) is 13.6. The topological polar surface area (TPSA) is 116 Å². The van der Waals surface area contributed by atoms with Crippen LogP contribution in [0, 0.1) is 15.5 Å². The third-order valence-corrected chi connectivity index (χ3v) is 6.15. The van der Waals surface area contributed by atoms with Gasteiger partial charge in [0.1, 0.15) is 0 Å². The summed E-state index contributed by atoms with van der Waals surface area (Å²) in [4.78, 5) is 55.0. The molecule has 154 valence electrons. The summed E-state index contributed by atoms with van der Waals surface area (Å²) in [6.45, 7) is 3.85. The largest absolute Gasteiger partial charge is 0.364 e. The van der Waals surface area contributed by atoms with Crippen molar-refractivity contribution in [2.75, 3.05) is 38.1 Å². The van der Waals surface area contributed by atoms with Gasteiger partial charge in [0.15, 0.2) is 5.41 Å². The van der Waals surface area contributed by atoms with Crippen LogP contribution < -0.4 is 10.2 Å². The zero-order valence-corrected chi connectivity index (χ0v) is 16.4. The molecule has 4 rings (SSSR count). The van der Waals surface area contributed by atoms with Crippen molar-refractivity contribution in [2.24, 2.45) is 5.41 Å². The zero-order valence-electron chi connectivity index (χ0n) is 16.4. The standard InChI is InChI=1S/C19H23N5O5/c1-3-6-23-17(26)19(16(25)20-18(23)27)10-12-9-13(24(28)29)4-5-14(12)22-8-7-21(2)11-15(19)22/h4-5,9,15H,3,6-8,10-11H2,1-2H3,(H,20,25,27)/t15-,19+/m1/s1. The van der Waals surface area contributed by atoms with E-state index in [1.54, 1.807) is 6.07 Å². The lowest BCUT2D eigenvalue weighted by molar-refractivity contribution is -0.384. The first-order chi connectivity index (χ1) is 13.8. The number of nitrogens with zero attached hydrogens (tertiary/aromatic N) is 4. The van der Waals surface area contributed by atoms with Crippen molar-refractivity contribution in [1.82, 2.24) is 15.1 Å². The molecule has 0 saturated carbocycles. The number of amides is 4. The number of piperazine rings is 1. The SMILES string of the molecule is CCCN1C(=O)NC(=O)[C@@]2(Cc3cc([N+](=O)[O-])ccc3N3CCN(C)C[C@@H]32)C1=O. The molecular formula is C19H23N5O5. The molecule has 1 aromatic rings. The van der Waals surface area contributed by atoms with Crippen molar-refractivity contribution >= 4 is 29.2 Å². The monoisotopic (exact) mass is 401 g/mol. The minimum Gasteiger partial charge on any atom is -0.364 e. The van der Waals surface area contributed by atoms with Crippen molar-refractivity contribution in [1.29, 1.82) is 0 Å². The van der Waals surface area contributed by atoms with Crippen molar-refractivity contribution in [2.45, 2.75) is 25.8 Å². The molecule has 29 heavy (non-hydrogen) atoms. The summed E-state index contributed by atoms with van der Waals surface area (Å²) in [6, 6.07) is 3.41. The van der Waals surface area contributed by atoms with Gasteiger partial charge >= 0.3 is 6.03 Å². The van der Waals surface area contributed by atoms with Crippen LogP contribution in [0.1, 0.15) is 18.9 Å². The number of benzene rings is 1. The number of fused-ring (bicyclic) bond motifs is 4. The Morgan fingerprint density at radius 3 is 2.72 bits per heavy atom. The van der Waals surface area contributed by atoms with Crippen molar-refractivity contribution in [3.8, 4) is 0 Å². The van der Waals surface area contributed by atoms with Gasteiger partial charge in [-0.05, 0) is 25.1 Å². The van der Waals surface area contributed by atoms with E-state index in [0.29, 0.717) is 25.1 Å². The molecule has 3 aliphatic rings. The quantitative estimate of drug-likeness (QED) is 0.451. The fraction of sp³-hybridized carbons (Fsp3) is 0.526. The van der Waals surface area contributed by atoms with Gasteiger partial charge in [0.2, 0.25) is 11.8 Å². The molecular weight excluding hydrogens is 378 g/mol. The molecule has 3 aliphatic heterocycles. The minimum atomic E-state index is -1.50. The fourth-order valence-electron chi connectivity index (χ4n) is 4.74. The number of hydrogen-bond donors (Lipinski definition) is 1. The number of carbonyl (C=O) groups excluding carboxylic acids is 3. The van der Waals surface area contributed by atoms with Crippen LogP contribution in [0.4, 0.5) is 16.2 Å². The Morgan fingerprint density at radius 2 is 2.03 bits per heavy atom. The number of urea groups is 1. The van der Waals surface area contributed by atoms with Gasteiger partial charge in [-0.3, -0.25) is 29.9 Å². The second-order valence-corrected chi connectivity index (χ2v) is 7.91. The number of imide groups is 2. The number of hydrogen-bond acceptors (Lipinski definition) is 7. The Hall–Kier alpha value is -3.01. The number of rotatable bonds is 3. The van der Waals surface area contributed by atoms with E-state index in [1.807, 2.05) is 18.9 Å². The predicted molar refractivity (Wildman–Crippen MR) is 103 cm³/mol. The highest BCUT2D eigenvalue weighted by Gasteiger charge is 2.62. The number of likely N-dealkylation sites (N-methyl/N-ethyl adjacent to an activating group) is 1. The maximum absolute atomic E-state index is 13.6. The number of carbonyl (C=O) groups is 3. The minimum absolute atomic E-state index is 0.0250. The number of nitro benzene ring substituents is 1. The fourth-order valence-corrected chi connectivity index (χ4v) is 4.74. The molecule has 10 heteroatoms. The third kappa shape index (κ3) is 2.78.